The van der Waals surface area contributed by atoms with Gasteiger partial charge in [0.25, 0.3) is 0 Å². The first-order valence-electron chi connectivity index (χ1n) is 5.97. The van der Waals surface area contributed by atoms with Gasteiger partial charge in [-0.25, -0.2) is 4.39 Å². The first-order valence-corrected chi connectivity index (χ1v) is 6.96. The van der Waals surface area contributed by atoms with Gasteiger partial charge in [0.2, 0.25) is 0 Å². The molecular formula is C14H16FN3S. The molecule has 0 bridgehead atoms. The summed E-state index contributed by atoms with van der Waals surface area (Å²) < 4.78 is 12.8. The lowest BCUT2D eigenvalue weighted by Crippen LogP contribution is -2.26. The Morgan fingerprint density at radius 1 is 1.21 bits per heavy atom. The molecule has 5 heteroatoms. The summed E-state index contributed by atoms with van der Waals surface area (Å²) in [7, 11) is 0. The Bertz CT molecular complexity index is 530. The van der Waals surface area contributed by atoms with E-state index in [1.54, 1.807) is 42.4 Å². The number of anilines is 1. The van der Waals surface area contributed by atoms with E-state index in [0.29, 0.717) is 6.42 Å². The minimum atomic E-state index is -0.225. The van der Waals surface area contributed by atoms with Gasteiger partial charge in [0.05, 0.1) is 0 Å². The lowest BCUT2D eigenvalue weighted by atomic mass is 10.1. The Kier molecular flexibility index (Phi) is 4.76. The lowest BCUT2D eigenvalue weighted by Gasteiger charge is -2.12. The zero-order valence-electron chi connectivity index (χ0n) is 10.4. The van der Waals surface area contributed by atoms with E-state index >= 15 is 0 Å². The minimum absolute atomic E-state index is 0.0125. The number of hydrogen-bond acceptors (Lipinski definition) is 4. The van der Waals surface area contributed by atoms with Crippen LogP contribution in [0.2, 0.25) is 0 Å². The van der Waals surface area contributed by atoms with Crippen LogP contribution < -0.4 is 11.5 Å². The molecule has 0 radical (unpaired) electrons. The number of nitrogens with zero attached hydrogens (tertiary/aromatic N) is 1. The Morgan fingerprint density at radius 3 is 2.63 bits per heavy atom. The molecule has 4 N–H and O–H groups in total. The molecule has 19 heavy (non-hydrogen) atoms. The second kappa shape index (κ2) is 6.54. The molecule has 0 saturated heterocycles. The Morgan fingerprint density at radius 2 is 1.95 bits per heavy atom. The molecule has 3 nitrogen and oxygen atoms in total. The number of hydrogen-bond donors (Lipinski definition) is 2. The van der Waals surface area contributed by atoms with Crippen molar-refractivity contribution in [2.45, 2.75) is 17.4 Å². The second-order valence-electron chi connectivity index (χ2n) is 4.30. The summed E-state index contributed by atoms with van der Waals surface area (Å²) in [6.45, 7) is 0. The van der Waals surface area contributed by atoms with Crippen LogP contribution >= 0.6 is 11.8 Å². The van der Waals surface area contributed by atoms with Crippen molar-refractivity contribution in [2.24, 2.45) is 5.73 Å². The summed E-state index contributed by atoms with van der Waals surface area (Å²) in [5, 5.41) is 0. The molecule has 1 aromatic heterocycles. The standard InChI is InChI=1S/C14H16FN3S/c15-11-1-3-13(4-2-11)19-9-12(16)7-10-8-18-6-5-14(10)17/h1-6,8,12H,7,9,16H2,(H2,17,18). The Labute approximate surface area is 116 Å². The minimum Gasteiger partial charge on any atom is -0.398 e. The van der Waals surface area contributed by atoms with Crippen LogP contribution in [0.1, 0.15) is 5.56 Å². The van der Waals surface area contributed by atoms with Gasteiger partial charge >= 0.3 is 0 Å². The number of nitrogens with two attached hydrogens (primary N) is 2. The first-order chi connectivity index (χ1) is 9.15. The number of pyridine rings is 1. The quantitative estimate of drug-likeness (QED) is 0.824. The molecule has 0 amide bonds. The smallest absolute Gasteiger partial charge is 0.123 e. The number of benzene rings is 1. The van der Waals surface area contributed by atoms with Crippen molar-refractivity contribution < 1.29 is 4.39 Å². The number of rotatable bonds is 5. The van der Waals surface area contributed by atoms with Gasteiger partial charge in [-0.05, 0) is 42.3 Å². The molecular weight excluding hydrogens is 261 g/mol. The van der Waals surface area contributed by atoms with Crippen molar-refractivity contribution in [2.75, 3.05) is 11.5 Å². The van der Waals surface area contributed by atoms with E-state index in [2.05, 4.69) is 4.98 Å². The molecule has 0 spiro atoms. The molecule has 2 rings (SSSR count). The van der Waals surface area contributed by atoms with Crippen LogP contribution in [0.5, 0.6) is 0 Å². The molecule has 100 valence electrons. The number of thioether (sulfide) groups is 1. The maximum absolute atomic E-state index is 12.8. The SMILES string of the molecule is Nc1ccncc1CC(N)CSc1ccc(F)cc1. The summed E-state index contributed by atoms with van der Waals surface area (Å²) >= 11 is 1.61. The Hall–Kier alpha value is -1.59. The van der Waals surface area contributed by atoms with Crippen molar-refractivity contribution in [3.63, 3.8) is 0 Å². The van der Waals surface area contributed by atoms with Crippen LogP contribution in [0, 0.1) is 5.82 Å². The molecule has 0 saturated carbocycles. The fourth-order valence-electron chi connectivity index (χ4n) is 1.68. The topological polar surface area (TPSA) is 64.9 Å². The van der Waals surface area contributed by atoms with Gasteiger partial charge in [0.1, 0.15) is 5.82 Å². The van der Waals surface area contributed by atoms with Crippen molar-refractivity contribution in [3.8, 4) is 0 Å². The van der Waals surface area contributed by atoms with Crippen molar-refractivity contribution in [3.05, 3.63) is 54.1 Å². The number of nitrogen functional groups attached to an aromatic ring is 1. The molecule has 0 fully saturated rings. The highest BCUT2D eigenvalue weighted by molar-refractivity contribution is 7.99. The summed E-state index contributed by atoms with van der Waals surface area (Å²) in [5.41, 5.74) is 13.6. The molecule has 2 aromatic rings. The van der Waals surface area contributed by atoms with Crippen LogP contribution in [0.4, 0.5) is 10.1 Å². The number of aromatic nitrogens is 1. The molecule has 0 aliphatic carbocycles. The molecule has 1 atom stereocenters. The molecule has 1 unspecified atom stereocenters. The van der Waals surface area contributed by atoms with Gasteiger partial charge in [-0.2, -0.15) is 0 Å². The van der Waals surface area contributed by atoms with Crippen molar-refractivity contribution >= 4 is 17.4 Å². The van der Waals surface area contributed by atoms with E-state index in [1.807, 2.05) is 0 Å². The van der Waals surface area contributed by atoms with E-state index in [1.165, 1.54) is 12.1 Å². The molecule has 0 aliphatic rings. The normalized spacial score (nSPS) is 12.3. The molecule has 0 aliphatic heterocycles. The predicted octanol–water partition coefficient (Wildman–Crippen LogP) is 2.47. The fraction of sp³-hybridized carbons (Fsp3) is 0.214. The van der Waals surface area contributed by atoms with Gasteiger partial charge < -0.3 is 11.5 Å². The van der Waals surface area contributed by atoms with Crippen LogP contribution in [0.25, 0.3) is 0 Å². The zero-order chi connectivity index (χ0) is 13.7. The van der Waals surface area contributed by atoms with Gasteiger partial charge in [0.15, 0.2) is 0 Å². The summed E-state index contributed by atoms with van der Waals surface area (Å²) in [5.74, 6) is 0.525. The maximum atomic E-state index is 12.8. The molecule has 1 heterocycles. The van der Waals surface area contributed by atoms with E-state index in [-0.39, 0.29) is 11.9 Å². The third-order valence-electron chi connectivity index (χ3n) is 2.70. The highest BCUT2D eigenvalue weighted by Gasteiger charge is 2.07. The second-order valence-corrected chi connectivity index (χ2v) is 5.40. The average molecular weight is 277 g/mol. The third-order valence-corrected chi connectivity index (χ3v) is 3.90. The summed E-state index contributed by atoms with van der Waals surface area (Å²) in [6.07, 6.45) is 4.10. The van der Waals surface area contributed by atoms with Gasteiger partial charge in [-0.1, -0.05) is 0 Å². The van der Waals surface area contributed by atoms with Crippen LogP contribution in [-0.2, 0) is 6.42 Å². The van der Waals surface area contributed by atoms with E-state index in [0.717, 1.165) is 21.9 Å². The van der Waals surface area contributed by atoms with Crippen molar-refractivity contribution in [1.29, 1.82) is 0 Å². The Balaban J connectivity index is 1.86. The van der Waals surface area contributed by atoms with Gasteiger partial charge in [0, 0.05) is 34.8 Å². The highest BCUT2D eigenvalue weighted by atomic mass is 32.2. The van der Waals surface area contributed by atoms with Crippen LogP contribution in [0.15, 0.2) is 47.6 Å². The van der Waals surface area contributed by atoms with Crippen LogP contribution in [0.3, 0.4) is 0 Å². The summed E-state index contributed by atoms with van der Waals surface area (Å²) in [4.78, 5) is 5.05. The van der Waals surface area contributed by atoms with Crippen LogP contribution in [-0.4, -0.2) is 16.8 Å². The van der Waals surface area contributed by atoms with E-state index in [4.69, 9.17) is 11.5 Å². The maximum Gasteiger partial charge on any atom is 0.123 e. The van der Waals surface area contributed by atoms with Gasteiger partial charge in [-0.3, -0.25) is 4.98 Å². The van der Waals surface area contributed by atoms with E-state index in [9.17, 15) is 4.39 Å². The third kappa shape index (κ3) is 4.22. The highest BCUT2D eigenvalue weighted by Crippen LogP contribution is 2.20. The van der Waals surface area contributed by atoms with Crippen molar-refractivity contribution in [1.82, 2.24) is 4.98 Å². The zero-order valence-corrected chi connectivity index (χ0v) is 11.2. The average Bonchev–Trinajstić information content (AvgIpc) is 2.41. The van der Waals surface area contributed by atoms with Gasteiger partial charge in [-0.15, -0.1) is 11.8 Å². The first kappa shape index (κ1) is 13.8. The summed E-state index contributed by atoms with van der Waals surface area (Å²) in [6, 6.07) is 8.17. The largest absolute Gasteiger partial charge is 0.398 e. The fourth-order valence-corrected chi connectivity index (χ4v) is 2.54. The lowest BCUT2D eigenvalue weighted by molar-refractivity contribution is 0.626. The monoisotopic (exact) mass is 277 g/mol. The van der Waals surface area contributed by atoms with E-state index < -0.39 is 0 Å². The number of halogens is 1. The molecule has 1 aromatic carbocycles. The predicted molar refractivity (Wildman–Crippen MR) is 77.5 cm³/mol.